The van der Waals surface area contributed by atoms with Crippen molar-refractivity contribution >= 4 is 23.4 Å². The summed E-state index contributed by atoms with van der Waals surface area (Å²) in [5.41, 5.74) is 1.44. The average Bonchev–Trinajstić information content (AvgIpc) is 3.49. The lowest BCUT2D eigenvalue weighted by molar-refractivity contribution is -0.137. The molecule has 11 heteroatoms. The largest absolute Gasteiger partial charge is 0.416 e. The Morgan fingerprint density at radius 1 is 1.03 bits per heavy atom. The second kappa shape index (κ2) is 10.9. The minimum absolute atomic E-state index is 0.249. The van der Waals surface area contributed by atoms with Crippen LogP contribution in [0.15, 0.2) is 24.4 Å². The smallest absolute Gasteiger partial charge is 0.372 e. The van der Waals surface area contributed by atoms with Gasteiger partial charge in [0.05, 0.1) is 5.56 Å². The first-order chi connectivity index (χ1) is 17.1. The Labute approximate surface area is 209 Å². The summed E-state index contributed by atoms with van der Waals surface area (Å²) in [5.74, 6) is 0.149. The number of alkyl halides is 3. The second-order valence-corrected chi connectivity index (χ2v) is 9.50. The normalized spacial score (nSPS) is 17.0. The Morgan fingerprint density at radius 3 is 2.33 bits per heavy atom. The monoisotopic (exact) mass is 506 g/mol. The van der Waals surface area contributed by atoms with Crippen LogP contribution in [0.4, 0.5) is 29.5 Å². The van der Waals surface area contributed by atoms with Crippen LogP contribution in [-0.2, 0) is 23.9 Å². The topological polar surface area (TPSA) is 73.7 Å². The van der Waals surface area contributed by atoms with Crippen molar-refractivity contribution in [2.24, 2.45) is 0 Å². The minimum Gasteiger partial charge on any atom is -0.372 e. The predicted molar refractivity (Wildman–Crippen MR) is 131 cm³/mol. The van der Waals surface area contributed by atoms with E-state index in [-0.39, 0.29) is 11.9 Å². The average molecular weight is 507 g/mol. The van der Waals surface area contributed by atoms with Gasteiger partial charge < -0.3 is 15.1 Å². The highest BCUT2D eigenvalue weighted by atomic mass is 19.4. The van der Waals surface area contributed by atoms with E-state index in [1.54, 1.807) is 11.1 Å². The van der Waals surface area contributed by atoms with E-state index in [4.69, 9.17) is 0 Å². The summed E-state index contributed by atoms with van der Waals surface area (Å²) < 4.78 is 41.9. The fourth-order valence-electron chi connectivity index (χ4n) is 4.82. The molecule has 0 saturated carbocycles. The number of carbonyl (C=O) groups is 2. The van der Waals surface area contributed by atoms with Gasteiger partial charge >= 0.3 is 12.2 Å². The Bertz CT molecular complexity index is 1090. The Morgan fingerprint density at radius 2 is 1.72 bits per heavy atom. The molecule has 2 amide bonds. The van der Waals surface area contributed by atoms with Gasteiger partial charge in [-0.05, 0) is 43.0 Å². The first-order valence-electron chi connectivity index (χ1n) is 12.5. The molecule has 0 radical (unpaired) electrons. The number of benzene rings is 1. The van der Waals surface area contributed by atoms with E-state index in [1.165, 1.54) is 23.7 Å². The summed E-state index contributed by atoms with van der Waals surface area (Å²) in [7, 11) is 0. The van der Waals surface area contributed by atoms with Gasteiger partial charge in [-0.1, -0.05) is 13.3 Å². The second-order valence-electron chi connectivity index (χ2n) is 9.50. The molecular weight excluding hydrogens is 473 g/mol. The summed E-state index contributed by atoms with van der Waals surface area (Å²) in [4.78, 5) is 30.3. The van der Waals surface area contributed by atoms with Gasteiger partial charge in [-0.3, -0.25) is 9.69 Å². The molecule has 1 N–H and O–H groups in total. The molecule has 1 aromatic carbocycles. The molecule has 2 fully saturated rings. The number of nitrogens with zero attached hydrogens (tertiary/aromatic N) is 5. The van der Waals surface area contributed by atoms with Gasteiger partial charge in [0.1, 0.15) is 0 Å². The van der Waals surface area contributed by atoms with E-state index in [0.717, 1.165) is 37.9 Å². The highest BCUT2D eigenvalue weighted by Gasteiger charge is 2.32. The lowest BCUT2D eigenvalue weighted by Gasteiger charge is -2.34. The van der Waals surface area contributed by atoms with Gasteiger partial charge in [0.25, 0.3) is 0 Å². The van der Waals surface area contributed by atoms with Crippen LogP contribution in [0.3, 0.4) is 0 Å². The predicted octanol–water partition coefficient (Wildman–Crippen LogP) is 4.20. The number of nitrogens with one attached hydrogen (secondary N) is 1. The van der Waals surface area contributed by atoms with Crippen LogP contribution in [0, 0.1) is 0 Å². The van der Waals surface area contributed by atoms with Crippen LogP contribution in [-0.4, -0.2) is 70.8 Å². The summed E-state index contributed by atoms with van der Waals surface area (Å²) in [6.07, 6.45) is 0.777. The number of carbonyl (C=O) groups excluding carboxylic acids is 2. The van der Waals surface area contributed by atoms with Crippen LogP contribution in [0.1, 0.15) is 49.8 Å². The maximum absolute atomic E-state index is 13.6. The quantitative estimate of drug-likeness (QED) is 0.636. The van der Waals surface area contributed by atoms with Gasteiger partial charge in [-0.2, -0.15) is 17.9 Å². The van der Waals surface area contributed by atoms with E-state index in [9.17, 15) is 22.8 Å². The number of amides is 2. The third kappa shape index (κ3) is 6.18. The molecule has 2 aliphatic rings. The summed E-state index contributed by atoms with van der Waals surface area (Å²) in [6.45, 7) is 7.32. The van der Waals surface area contributed by atoms with Gasteiger partial charge in [0.15, 0.2) is 5.82 Å². The standard InChI is InChI=1S/C25H33F3N6O2/c1-3-6-20-17-34(30-23(20)29-18(2)35)24(36)33-11-9-31(10-12-33)16-19-13-21(25(26,27)28)15-22(14-19)32-7-4-5-8-32/h13-15,17H,3-12,16H2,1-2H3,(H,29,30,35). The molecular formula is C25H33F3N6O2. The van der Waals surface area contributed by atoms with Crippen molar-refractivity contribution < 1.29 is 22.8 Å². The molecule has 1 aromatic heterocycles. The van der Waals surface area contributed by atoms with Crippen molar-refractivity contribution in [2.45, 2.75) is 52.3 Å². The zero-order valence-electron chi connectivity index (χ0n) is 20.8. The molecule has 3 heterocycles. The zero-order chi connectivity index (χ0) is 25.9. The third-order valence-electron chi connectivity index (χ3n) is 6.62. The number of halogens is 3. The number of piperazine rings is 1. The van der Waals surface area contributed by atoms with Gasteiger partial charge in [-0.25, -0.2) is 4.79 Å². The summed E-state index contributed by atoms with van der Waals surface area (Å²) >= 11 is 0. The Balaban J connectivity index is 1.41. The summed E-state index contributed by atoms with van der Waals surface area (Å²) in [6, 6.07) is 4.07. The number of aromatic nitrogens is 2. The van der Waals surface area contributed by atoms with Gasteiger partial charge in [0.2, 0.25) is 5.91 Å². The molecule has 0 bridgehead atoms. The fourth-order valence-corrected chi connectivity index (χ4v) is 4.82. The van der Waals surface area contributed by atoms with Crippen molar-refractivity contribution in [2.75, 3.05) is 49.5 Å². The fraction of sp³-hybridized carbons (Fsp3) is 0.560. The summed E-state index contributed by atoms with van der Waals surface area (Å²) in [5, 5.41) is 6.96. The van der Waals surface area contributed by atoms with Gasteiger partial charge in [-0.15, -0.1) is 5.10 Å². The molecule has 2 saturated heterocycles. The van der Waals surface area contributed by atoms with Crippen molar-refractivity contribution in [1.82, 2.24) is 19.6 Å². The number of rotatable bonds is 6. The molecule has 196 valence electrons. The molecule has 2 aromatic rings. The molecule has 0 unspecified atom stereocenters. The van der Waals surface area contributed by atoms with Crippen molar-refractivity contribution in [3.63, 3.8) is 0 Å². The number of hydrogen-bond acceptors (Lipinski definition) is 5. The maximum Gasteiger partial charge on any atom is 0.416 e. The highest BCUT2D eigenvalue weighted by Crippen LogP contribution is 2.34. The number of hydrogen-bond donors (Lipinski definition) is 1. The van der Waals surface area contributed by atoms with Gasteiger partial charge in [0, 0.05) is 70.2 Å². The van der Waals surface area contributed by atoms with Crippen LogP contribution in [0.2, 0.25) is 0 Å². The van der Waals surface area contributed by atoms with Crippen molar-refractivity contribution in [3.8, 4) is 0 Å². The van der Waals surface area contributed by atoms with E-state index < -0.39 is 11.7 Å². The van der Waals surface area contributed by atoms with Crippen molar-refractivity contribution in [3.05, 3.63) is 41.1 Å². The van der Waals surface area contributed by atoms with Crippen LogP contribution < -0.4 is 10.2 Å². The zero-order valence-corrected chi connectivity index (χ0v) is 20.8. The molecule has 8 nitrogen and oxygen atoms in total. The van der Waals surface area contributed by atoms with Crippen molar-refractivity contribution in [1.29, 1.82) is 0 Å². The number of aryl methyl sites for hydroxylation is 1. The van der Waals surface area contributed by atoms with E-state index in [2.05, 4.69) is 15.3 Å². The highest BCUT2D eigenvalue weighted by molar-refractivity contribution is 5.89. The lowest BCUT2D eigenvalue weighted by Crippen LogP contribution is -2.49. The lowest BCUT2D eigenvalue weighted by atomic mass is 10.1. The number of anilines is 2. The van der Waals surface area contributed by atoms with Crippen LogP contribution in [0.5, 0.6) is 0 Å². The van der Waals surface area contributed by atoms with E-state index >= 15 is 0 Å². The molecule has 36 heavy (non-hydrogen) atoms. The molecule has 0 aliphatic carbocycles. The van der Waals surface area contributed by atoms with Crippen LogP contribution in [0.25, 0.3) is 0 Å². The molecule has 4 rings (SSSR count). The van der Waals surface area contributed by atoms with E-state index in [0.29, 0.717) is 56.2 Å². The maximum atomic E-state index is 13.6. The molecule has 0 spiro atoms. The first kappa shape index (κ1) is 26.0. The minimum atomic E-state index is -4.40. The molecule has 2 aliphatic heterocycles. The Kier molecular flexibility index (Phi) is 7.87. The molecule has 0 atom stereocenters. The van der Waals surface area contributed by atoms with Crippen LogP contribution >= 0.6 is 0 Å². The Hall–Kier alpha value is -3.08. The first-order valence-corrected chi connectivity index (χ1v) is 12.5. The SMILES string of the molecule is CCCc1cn(C(=O)N2CCN(Cc3cc(N4CCCC4)cc(C(F)(F)F)c3)CC2)nc1NC(C)=O. The van der Waals surface area contributed by atoms with E-state index in [1.807, 2.05) is 17.9 Å². The third-order valence-corrected chi connectivity index (χ3v) is 6.62.